The van der Waals surface area contributed by atoms with Gasteiger partial charge in [-0.25, -0.2) is 9.97 Å². The number of nitrogens with one attached hydrogen (secondary N) is 1. The molecule has 1 saturated heterocycles. The van der Waals surface area contributed by atoms with E-state index in [4.69, 9.17) is 5.84 Å². The van der Waals surface area contributed by atoms with E-state index in [1.165, 1.54) is 6.20 Å². The number of nitrogens with two attached hydrogens (primary N) is 1. The number of hydrogen-bond acceptors (Lipinski definition) is 6. The Kier molecular flexibility index (Phi) is 4.66. The van der Waals surface area contributed by atoms with Gasteiger partial charge in [0.25, 0.3) is 5.91 Å². The Hall–Kier alpha value is -1.54. The molecule has 0 aromatic carbocycles. The molecule has 0 saturated carbocycles. The molecule has 110 valence electrons. The van der Waals surface area contributed by atoms with Gasteiger partial charge in [0.05, 0.1) is 11.9 Å². The molecule has 2 heterocycles. The molecule has 3 N–H and O–H groups in total. The molecule has 0 unspecified atom stereocenters. The summed E-state index contributed by atoms with van der Waals surface area (Å²) < 4.78 is 11.3. The van der Waals surface area contributed by atoms with E-state index in [0.717, 1.165) is 0 Å². The molecule has 0 bridgehead atoms. The van der Waals surface area contributed by atoms with Gasteiger partial charge in [0, 0.05) is 41.3 Å². The summed E-state index contributed by atoms with van der Waals surface area (Å²) in [6, 6.07) is 0. The number of aromatic nitrogens is 2. The minimum atomic E-state index is -0.820. The van der Waals surface area contributed by atoms with Crippen LogP contribution in [-0.4, -0.2) is 49.6 Å². The van der Waals surface area contributed by atoms with E-state index in [1.54, 1.807) is 4.90 Å². The average Bonchev–Trinajstić information content (AvgIpc) is 2.46. The van der Waals surface area contributed by atoms with E-state index in [2.05, 4.69) is 15.4 Å². The number of amides is 1. The zero-order valence-electron chi connectivity index (χ0n) is 11.6. The van der Waals surface area contributed by atoms with Crippen molar-refractivity contribution in [2.24, 2.45) is 5.84 Å². The molecule has 1 aliphatic rings. The first-order valence-electron chi connectivity index (χ1n) is 6.50. The van der Waals surface area contributed by atoms with Gasteiger partial charge >= 0.3 is 0 Å². The summed E-state index contributed by atoms with van der Waals surface area (Å²) in [6.07, 6.45) is 1.53. The number of hydrazine groups is 1. The normalized spacial score (nSPS) is 16.5. The molecule has 1 aromatic rings. The number of anilines is 1. The summed E-state index contributed by atoms with van der Waals surface area (Å²) in [7, 11) is -0.820. The van der Waals surface area contributed by atoms with Crippen molar-refractivity contribution in [2.75, 3.05) is 30.0 Å². The Morgan fingerprint density at radius 1 is 1.45 bits per heavy atom. The van der Waals surface area contributed by atoms with Crippen molar-refractivity contribution >= 4 is 22.4 Å². The third kappa shape index (κ3) is 3.13. The third-order valence-electron chi connectivity index (χ3n) is 3.15. The Bertz CT molecular complexity index is 525. The molecule has 0 atom stereocenters. The van der Waals surface area contributed by atoms with Crippen molar-refractivity contribution in [3.63, 3.8) is 0 Å². The average molecular weight is 297 g/mol. The smallest absolute Gasteiger partial charge is 0.274 e. The lowest BCUT2D eigenvalue weighted by Gasteiger charge is -2.26. The van der Waals surface area contributed by atoms with Crippen molar-refractivity contribution < 1.29 is 9.00 Å². The Morgan fingerprint density at radius 3 is 2.65 bits per heavy atom. The highest BCUT2D eigenvalue weighted by molar-refractivity contribution is 7.85. The second-order valence-corrected chi connectivity index (χ2v) is 6.63. The minimum Gasteiger partial charge on any atom is -0.335 e. The summed E-state index contributed by atoms with van der Waals surface area (Å²) in [6.45, 7) is 4.89. The second-order valence-electron chi connectivity index (χ2n) is 4.93. The zero-order valence-corrected chi connectivity index (χ0v) is 12.4. The lowest BCUT2D eigenvalue weighted by Crippen LogP contribution is -2.42. The molecule has 8 heteroatoms. The maximum atomic E-state index is 12.5. The zero-order chi connectivity index (χ0) is 14.7. The largest absolute Gasteiger partial charge is 0.335 e. The molecule has 0 aliphatic carbocycles. The summed E-state index contributed by atoms with van der Waals surface area (Å²) in [5, 5.41) is 0. The van der Waals surface area contributed by atoms with Gasteiger partial charge in [-0.1, -0.05) is 13.8 Å². The molecule has 1 amide bonds. The van der Waals surface area contributed by atoms with Crippen LogP contribution in [0.15, 0.2) is 6.20 Å². The fourth-order valence-electron chi connectivity index (χ4n) is 1.93. The molecule has 1 aliphatic heterocycles. The number of hydrogen-bond donors (Lipinski definition) is 2. The summed E-state index contributed by atoms with van der Waals surface area (Å²) in [4.78, 5) is 22.7. The summed E-state index contributed by atoms with van der Waals surface area (Å²) in [5.74, 6) is 6.98. The number of nitrogens with zero attached hydrogens (tertiary/aromatic N) is 3. The van der Waals surface area contributed by atoms with Crippen LogP contribution in [0.25, 0.3) is 0 Å². The van der Waals surface area contributed by atoms with Crippen molar-refractivity contribution in [2.45, 2.75) is 19.8 Å². The highest BCUT2D eigenvalue weighted by Crippen LogP contribution is 2.18. The predicted octanol–water partition coefficient (Wildman–Crippen LogP) is 0.0901. The van der Waals surface area contributed by atoms with Crippen LogP contribution in [0.1, 0.15) is 36.1 Å². The van der Waals surface area contributed by atoms with Gasteiger partial charge in [-0.3, -0.25) is 14.8 Å². The maximum absolute atomic E-state index is 12.5. The number of carbonyl (C=O) groups is 1. The first kappa shape index (κ1) is 14.9. The Balaban J connectivity index is 2.27. The fourth-order valence-corrected chi connectivity index (χ4v) is 2.99. The topological polar surface area (TPSA) is 101 Å². The summed E-state index contributed by atoms with van der Waals surface area (Å²) in [5.41, 5.74) is 3.14. The lowest BCUT2D eigenvalue weighted by atomic mass is 10.2. The summed E-state index contributed by atoms with van der Waals surface area (Å²) >= 11 is 0. The molecule has 1 fully saturated rings. The maximum Gasteiger partial charge on any atom is 0.274 e. The van der Waals surface area contributed by atoms with Gasteiger partial charge < -0.3 is 10.3 Å². The third-order valence-corrected chi connectivity index (χ3v) is 4.42. The standard InChI is InChI=1S/C12H19N5O2S/c1-8(2)11-14-7-9(16-13)10(15-11)12(18)17-3-5-20(19)6-4-17/h7-8,16H,3-6,13H2,1-2H3. The van der Waals surface area contributed by atoms with Crippen molar-refractivity contribution in [1.82, 2.24) is 14.9 Å². The SMILES string of the molecule is CC(C)c1ncc(NN)c(C(=O)N2CCS(=O)CC2)n1. The monoisotopic (exact) mass is 297 g/mol. The molecule has 1 aromatic heterocycles. The quantitative estimate of drug-likeness (QED) is 0.605. The fraction of sp³-hybridized carbons (Fsp3) is 0.583. The van der Waals surface area contributed by atoms with Crippen LogP contribution in [0.5, 0.6) is 0 Å². The van der Waals surface area contributed by atoms with Crippen molar-refractivity contribution in [1.29, 1.82) is 0 Å². The Labute approximate surface area is 120 Å². The van der Waals surface area contributed by atoms with Crippen LogP contribution in [0.3, 0.4) is 0 Å². The molecule has 0 spiro atoms. The van der Waals surface area contributed by atoms with Gasteiger partial charge in [-0.05, 0) is 0 Å². The van der Waals surface area contributed by atoms with Crippen molar-refractivity contribution in [3.8, 4) is 0 Å². The highest BCUT2D eigenvalue weighted by Gasteiger charge is 2.25. The van der Waals surface area contributed by atoms with Crippen LogP contribution in [0.2, 0.25) is 0 Å². The van der Waals surface area contributed by atoms with E-state index >= 15 is 0 Å². The highest BCUT2D eigenvalue weighted by atomic mass is 32.2. The Morgan fingerprint density at radius 2 is 2.10 bits per heavy atom. The number of carbonyl (C=O) groups excluding carboxylic acids is 1. The van der Waals surface area contributed by atoms with E-state index in [9.17, 15) is 9.00 Å². The van der Waals surface area contributed by atoms with E-state index in [0.29, 0.717) is 36.1 Å². The second kappa shape index (κ2) is 6.27. The molecule has 20 heavy (non-hydrogen) atoms. The van der Waals surface area contributed by atoms with E-state index in [-0.39, 0.29) is 17.5 Å². The predicted molar refractivity (Wildman–Crippen MR) is 77.7 cm³/mol. The van der Waals surface area contributed by atoms with Gasteiger partial charge in [-0.15, -0.1) is 0 Å². The van der Waals surface area contributed by atoms with Gasteiger partial charge in [-0.2, -0.15) is 0 Å². The van der Waals surface area contributed by atoms with Crippen LogP contribution in [0, 0.1) is 0 Å². The van der Waals surface area contributed by atoms with Gasteiger partial charge in [0.15, 0.2) is 5.69 Å². The van der Waals surface area contributed by atoms with Gasteiger partial charge in [0.2, 0.25) is 0 Å². The minimum absolute atomic E-state index is 0.127. The lowest BCUT2D eigenvalue weighted by molar-refractivity contribution is 0.0766. The molecule has 0 radical (unpaired) electrons. The number of rotatable bonds is 3. The van der Waals surface area contributed by atoms with E-state index in [1.807, 2.05) is 13.8 Å². The molecule has 2 rings (SSSR count). The van der Waals surface area contributed by atoms with E-state index < -0.39 is 10.8 Å². The van der Waals surface area contributed by atoms with Crippen LogP contribution in [0.4, 0.5) is 5.69 Å². The van der Waals surface area contributed by atoms with Crippen LogP contribution < -0.4 is 11.3 Å². The first-order chi connectivity index (χ1) is 9.52. The molecular formula is C12H19N5O2S. The first-order valence-corrected chi connectivity index (χ1v) is 7.99. The van der Waals surface area contributed by atoms with Crippen LogP contribution in [-0.2, 0) is 10.8 Å². The van der Waals surface area contributed by atoms with Crippen LogP contribution >= 0.6 is 0 Å². The number of nitrogen functional groups attached to an aromatic ring is 1. The van der Waals surface area contributed by atoms with Gasteiger partial charge in [0.1, 0.15) is 5.82 Å². The molecule has 7 nitrogen and oxygen atoms in total. The molecular weight excluding hydrogens is 278 g/mol. The van der Waals surface area contributed by atoms with Crippen molar-refractivity contribution in [3.05, 3.63) is 17.7 Å².